The summed E-state index contributed by atoms with van der Waals surface area (Å²) in [6.45, 7) is 6.24. The molecule has 0 radical (unpaired) electrons. The van der Waals surface area contributed by atoms with Crippen molar-refractivity contribution in [1.82, 2.24) is 4.90 Å². The molecule has 18 heavy (non-hydrogen) atoms. The van der Waals surface area contributed by atoms with Crippen LogP contribution in [0.25, 0.3) is 0 Å². The van der Waals surface area contributed by atoms with Gasteiger partial charge in [0.2, 0.25) is 5.91 Å². The van der Waals surface area contributed by atoms with Gasteiger partial charge in [0.05, 0.1) is 11.5 Å². The first-order valence-corrected chi connectivity index (χ1v) is 7.15. The zero-order valence-corrected chi connectivity index (χ0v) is 12.1. The molecule has 0 bridgehead atoms. The molecule has 0 aromatic heterocycles. The van der Waals surface area contributed by atoms with Gasteiger partial charge in [0.15, 0.2) is 0 Å². The van der Waals surface area contributed by atoms with Crippen molar-refractivity contribution in [3.8, 4) is 0 Å². The fraction of sp³-hybridized carbons (Fsp3) is 0.929. The largest absolute Gasteiger partial charge is 0.380 e. The summed E-state index contributed by atoms with van der Waals surface area (Å²) in [6.07, 6.45) is 4.94. The fourth-order valence-corrected chi connectivity index (χ4v) is 3.03. The zero-order valence-electron chi connectivity index (χ0n) is 12.1. The highest BCUT2D eigenvalue weighted by Gasteiger charge is 2.40. The highest BCUT2D eigenvalue weighted by atomic mass is 16.5. The van der Waals surface area contributed by atoms with E-state index in [4.69, 9.17) is 10.5 Å². The predicted molar refractivity (Wildman–Crippen MR) is 73.3 cm³/mol. The zero-order chi connectivity index (χ0) is 13.6. The van der Waals surface area contributed by atoms with Gasteiger partial charge in [-0.3, -0.25) is 4.79 Å². The molecular weight excluding hydrogens is 228 g/mol. The van der Waals surface area contributed by atoms with Crippen LogP contribution in [0.1, 0.15) is 46.0 Å². The molecule has 1 atom stereocenters. The van der Waals surface area contributed by atoms with Gasteiger partial charge in [-0.2, -0.15) is 0 Å². The molecule has 0 saturated carbocycles. The molecule has 1 saturated heterocycles. The number of likely N-dealkylation sites (tertiary alicyclic amines) is 1. The summed E-state index contributed by atoms with van der Waals surface area (Å²) in [4.78, 5) is 14.7. The standard InChI is InChI=1S/C14H28N2O2/c1-4-7-14(11-15,8-5-2)13(17)16-9-6-12(10-16)18-3/h12H,4-11,15H2,1-3H3. The number of carbonyl (C=O) groups excluding carboxylic acids is 1. The van der Waals surface area contributed by atoms with Crippen molar-refractivity contribution in [1.29, 1.82) is 0 Å². The number of hydrogen-bond acceptors (Lipinski definition) is 3. The van der Waals surface area contributed by atoms with Gasteiger partial charge in [-0.1, -0.05) is 26.7 Å². The van der Waals surface area contributed by atoms with E-state index in [0.717, 1.165) is 45.2 Å². The summed E-state index contributed by atoms with van der Waals surface area (Å²) in [6, 6.07) is 0. The molecule has 0 aromatic rings. The van der Waals surface area contributed by atoms with E-state index in [1.807, 2.05) is 4.90 Å². The molecule has 1 unspecified atom stereocenters. The molecule has 1 heterocycles. The van der Waals surface area contributed by atoms with E-state index in [0.29, 0.717) is 6.54 Å². The minimum Gasteiger partial charge on any atom is -0.380 e. The summed E-state index contributed by atoms with van der Waals surface area (Å²) in [7, 11) is 1.72. The summed E-state index contributed by atoms with van der Waals surface area (Å²) in [5.74, 6) is 0.244. The Morgan fingerprint density at radius 3 is 2.39 bits per heavy atom. The van der Waals surface area contributed by atoms with Crippen molar-refractivity contribution in [2.24, 2.45) is 11.1 Å². The van der Waals surface area contributed by atoms with Gasteiger partial charge < -0.3 is 15.4 Å². The predicted octanol–water partition coefficient (Wildman–Crippen LogP) is 1.78. The van der Waals surface area contributed by atoms with Crippen molar-refractivity contribution < 1.29 is 9.53 Å². The van der Waals surface area contributed by atoms with Gasteiger partial charge in [0.25, 0.3) is 0 Å². The number of nitrogens with zero attached hydrogens (tertiary/aromatic N) is 1. The van der Waals surface area contributed by atoms with Gasteiger partial charge in [0.1, 0.15) is 0 Å². The normalized spacial score (nSPS) is 20.4. The van der Waals surface area contributed by atoms with E-state index in [1.54, 1.807) is 7.11 Å². The molecule has 4 nitrogen and oxygen atoms in total. The lowest BCUT2D eigenvalue weighted by atomic mass is 9.78. The molecule has 1 amide bonds. The third kappa shape index (κ3) is 3.23. The Morgan fingerprint density at radius 1 is 1.39 bits per heavy atom. The maximum absolute atomic E-state index is 12.7. The van der Waals surface area contributed by atoms with Crippen LogP contribution in [-0.2, 0) is 9.53 Å². The lowest BCUT2D eigenvalue weighted by molar-refractivity contribution is -0.142. The van der Waals surface area contributed by atoms with E-state index < -0.39 is 0 Å². The molecule has 2 N–H and O–H groups in total. The molecule has 4 heteroatoms. The highest BCUT2D eigenvalue weighted by Crippen LogP contribution is 2.32. The Labute approximate surface area is 111 Å². The van der Waals surface area contributed by atoms with Crippen LogP contribution < -0.4 is 5.73 Å². The summed E-state index contributed by atoms with van der Waals surface area (Å²) >= 11 is 0. The van der Waals surface area contributed by atoms with Crippen LogP contribution in [-0.4, -0.2) is 43.7 Å². The van der Waals surface area contributed by atoms with Crippen LogP contribution in [0.3, 0.4) is 0 Å². The van der Waals surface area contributed by atoms with E-state index in [2.05, 4.69) is 13.8 Å². The molecule has 0 aromatic carbocycles. The minimum atomic E-state index is -0.341. The molecule has 1 rings (SSSR count). The van der Waals surface area contributed by atoms with E-state index in [1.165, 1.54) is 0 Å². The SMILES string of the molecule is CCCC(CN)(CCC)C(=O)N1CCC(OC)C1. The van der Waals surface area contributed by atoms with Gasteiger partial charge in [-0.25, -0.2) is 0 Å². The van der Waals surface area contributed by atoms with Gasteiger partial charge in [-0.05, 0) is 19.3 Å². The van der Waals surface area contributed by atoms with Crippen LogP contribution in [0.15, 0.2) is 0 Å². The van der Waals surface area contributed by atoms with E-state index in [-0.39, 0.29) is 17.4 Å². The number of carbonyl (C=O) groups is 1. The number of rotatable bonds is 7. The lowest BCUT2D eigenvalue weighted by Gasteiger charge is -2.34. The van der Waals surface area contributed by atoms with Crippen molar-refractivity contribution >= 4 is 5.91 Å². The van der Waals surface area contributed by atoms with Crippen molar-refractivity contribution in [2.45, 2.75) is 52.1 Å². The molecule has 1 aliphatic heterocycles. The van der Waals surface area contributed by atoms with Crippen LogP contribution >= 0.6 is 0 Å². The first kappa shape index (κ1) is 15.4. The Hall–Kier alpha value is -0.610. The summed E-state index contributed by atoms with van der Waals surface area (Å²) in [5, 5.41) is 0. The van der Waals surface area contributed by atoms with Crippen LogP contribution in [0, 0.1) is 5.41 Å². The van der Waals surface area contributed by atoms with Crippen molar-refractivity contribution in [2.75, 3.05) is 26.7 Å². The molecule has 0 aliphatic carbocycles. The molecule has 1 fully saturated rings. The Morgan fingerprint density at radius 2 is 2.00 bits per heavy atom. The Balaban J connectivity index is 2.75. The fourth-order valence-electron chi connectivity index (χ4n) is 3.03. The second-order valence-corrected chi connectivity index (χ2v) is 5.38. The highest BCUT2D eigenvalue weighted by molar-refractivity contribution is 5.83. The summed E-state index contributed by atoms with van der Waals surface area (Å²) in [5.41, 5.74) is 5.60. The lowest BCUT2D eigenvalue weighted by Crippen LogP contribution is -2.47. The third-order valence-electron chi connectivity index (χ3n) is 4.07. The maximum Gasteiger partial charge on any atom is 0.230 e. The second-order valence-electron chi connectivity index (χ2n) is 5.38. The number of ether oxygens (including phenoxy) is 1. The minimum absolute atomic E-state index is 0.202. The molecule has 0 spiro atoms. The smallest absolute Gasteiger partial charge is 0.230 e. The number of amides is 1. The summed E-state index contributed by atoms with van der Waals surface area (Å²) < 4.78 is 5.33. The van der Waals surface area contributed by atoms with Gasteiger partial charge in [-0.15, -0.1) is 0 Å². The van der Waals surface area contributed by atoms with Crippen molar-refractivity contribution in [3.05, 3.63) is 0 Å². The Bertz CT molecular complexity index is 263. The quantitative estimate of drug-likeness (QED) is 0.755. The first-order chi connectivity index (χ1) is 8.63. The number of nitrogens with two attached hydrogens (primary N) is 1. The van der Waals surface area contributed by atoms with Crippen LogP contribution in [0.5, 0.6) is 0 Å². The monoisotopic (exact) mass is 256 g/mol. The van der Waals surface area contributed by atoms with Gasteiger partial charge in [0, 0.05) is 26.7 Å². The molecular formula is C14H28N2O2. The number of hydrogen-bond donors (Lipinski definition) is 1. The van der Waals surface area contributed by atoms with Crippen molar-refractivity contribution in [3.63, 3.8) is 0 Å². The Kier molecular flexibility index (Phi) is 6.09. The van der Waals surface area contributed by atoms with Gasteiger partial charge >= 0.3 is 0 Å². The number of methoxy groups -OCH3 is 1. The topological polar surface area (TPSA) is 55.6 Å². The van der Waals surface area contributed by atoms with E-state index >= 15 is 0 Å². The molecule has 106 valence electrons. The average molecular weight is 256 g/mol. The van der Waals surface area contributed by atoms with Crippen LogP contribution in [0.2, 0.25) is 0 Å². The average Bonchev–Trinajstić information content (AvgIpc) is 2.86. The van der Waals surface area contributed by atoms with E-state index in [9.17, 15) is 4.79 Å². The maximum atomic E-state index is 12.7. The molecule has 1 aliphatic rings. The first-order valence-electron chi connectivity index (χ1n) is 7.15. The second kappa shape index (κ2) is 7.10. The van der Waals surface area contributed by atoms with Crippen LogP contribution in [0.4, 0.5) is 0 Å². The third-order valence-corrected chi connectivity index (χ3v) is 4.07.